The molecular weight excluding hydrogens is 344 g/mol. The van der Waals surface area contributed by atoms with E-state index in [1.165, 1.54) is 0 Å². The molecule has 0 saturated carbocycles. The minimum Gasteiger partial charge on any atom is -0.496 e. The number of aromatic nitrogens is 2. The first kappa shape index (κ1) is 17.0. The van der Waals surface area contributed by atoms with Crippen LogP contribution in [0.25, 0.3) is 0 Å². The molecule has 0 saturated heterocycles. The topological polar surface area (TPSA) is 77.5 Å². The van der Waals surface area contributed by atoms with Gasteiger partial charge in [0.05, 0.1) is 7.11 Å². The van der Waals surface area contributed by atoms with E-state index in [4.69, 9.17) is 14.2 Å². The Kier molecular flexibility index (Phi) is 4.65. The second-order valence-electron chi connectivity index (χ2n) is 6.08. The number of nitrogens with zero attached hydrogens (tertiary/aromatic N) is 2. The third-order valence-corrected chi connectivity index (χ3v) is 4.13. The molecule has 7 nitrogen and oxygen atoms in total. The molecule has 1 aliphatic rings. The Hall–Kier alpha value is -3.48. The Balaban J connectivity index is 1.49. The Labute approximate surface area is 157 Å². The predicted octanol–water partition coefficient (Wildman–Crippen LogP) is 3.88. The van der Waals surface area contributed by atoms with E-state index in [0.717, 1.165) is 34.2 Å². The molecule has 27 heavy (non-hydrogen) atoms. The third kappa shape index (κ3) is 3.87. The highest BCUT2D eigenvalue weighted by molar-refractivity contribution is 5.62. The zero-order valence-electron chi connectivity index (χ0n) is 15.2. The van der Waals surface area contributed by atoms with Crippen LogP contribution in [0.2, 0.25) is 0 Å². The molecule has 1 aliphatic heterocycles. The summed E-state index contributed by atoms with van der Waals surface area (Å²) in [5, 5.41) is 6.54. The number of benzene rings is 2. The van der Waals surface area contributed by atoms with Crippen molar-refractivity contribution in [3.63, 3.8) is 0 Å². The molecule has 138 valence electrons. The Bertz CT molecular complexity index is 962. The van der Waals surface area contributed by atoms with Crippen LogP contribution in [-0.2, 0) is 6.54 Å². The summed E-state index contributed by atoms with van der Waals surface area (Å²) >= 11 is 0. The number of hydrogen-bond donors (Lipinski definition) is 2. The second-order valence-corrected chi connectivity index (χ2v) is 6.08. The average molecular weight is 364 g/mol. The van der Waals surface area contributed by atoms with Crippen LogP contribution in [0.1, 0.15) is 11.3 Å². The Morgan fingerprint density at radius 1 is 1.04 bits per heavy atom. The van der Waals surface area contributed by atoms with Gasteiger partial charge < -0.3 is 24.8 Å². The molecule has 0 amide bonds. The lowest BCUT2D eigenvalue weighted by Gasteiger charge is -2.12. The van der Waals surface area contributed by atoms with Gasteiger partial charge >= 0.3 is 0 Å². The fourth-order valence-corrected chi connectivity index (χ4v) is 2.86. The summed E-state index contributed by atoms with van der Waals surface area (Å²) < 4.78 is 16.1. The Morgan fingerprint density at radius 2 is 1.89 bits per heavy atom. The standard InChI is InChI=1S/C20H20N4O3/c1-13-9-19(23-15-7-8-17-18(10-15)27-12-26-17)24-20(22-13)21-11-14-5-3-4-6-16(14)25-2/h3-10H,11-12H2,1-2H3,(H2,21,22,23,24). The van der Waals surface area contributed by atoms with Gasteiger partial charge in [-0.2, -0.15) is 4.98 Å². The van der Waals surface area contributed by atoms with Crippen LogP contribution in [0.3, 0.4) is 0 Å². The van der Waals surface area contributed by atoms with Gasteiger partial charge in [-0.25, -0.2) is 4.98 Å². The lowest BCUT2D eigenvalue weighted by Crippen LogP contribution is -2.07. The first-order valence-electron chi connectivity index (χ1n) is 8.59. The van der Waals surface area contributed by atoms with Crippen LogP contribution in [0.4, 0.5) is 17.5 Å². The molecular formula is C20H20N4O3. The van der Waals surface area contributed by atoms with Crippen LogP contribution in [0.5, 0.6) is 17.2 Å². The molecule has 2 N–H and O–H groups in total. The molecule has 0 unspecified atom stereocenters. The van der Waals surface area contributed by atoms with E-state index in [9.17, 15) is 0 Å². The first-order chi connectivity index (χ1) is 13.2. The number of nitrogens with one attached hydrogen (secondary N) is 2. The van der Waals surface area contributed by atoms with E-state index in [2.05, 4.69) is 20.6 Å². The molecule has 1 aromatic heterocycles. The van der Waals surface area contributed by atoms with Crippen molar-refractivity contribution in [2.24, 2.45) is 0 Å². The third-order valence-electron chi connectivity index (χ3n) is 4.13. The van der Waals surface area contributed by atoms with Gasteiger partial charge in [-0.15, -0.1) is 0 Å². The molecule has 0 radical (unpaired) electrons. The summed E-state index contributed by atoms with van der Waals surface area (Å²) in [5.41, 5.74) is 2.76. The van der Waals surface area contributed by atoms with Gasteiger partial charge in [0.25, 0.3) is 0 Å². The van der Waals surface area contributed by atoms with E-state index in [-0.39, 0.29) is 6.79 Å². The van der Waals surface area contributed by atoms with E-state index in [1.807, 2.05) is 55.5 Å². The molecule has 7 heteroatoms. The summed E-state index contributed by atoms with van der Waals surface area (Å²) in [6.07, 6.45) is 0. The van der Waals surface area contributed by atoms with Crippen LogP contribution in [-0.4, -0.2) is 23.9 Å². The zero-order valence-corrected chi connectivity index (χ0v) is 15.2. The molecule has 0 atom stereocenters. The number of fused-ring (bicyclic) bond motifs is 1. The maximum Gasteiger partial charge on any atom is 0.231 e. The molecule has 0 fully saturated rings. The van der Waals surface area contributed by atoms with Crippen molar-refractivity contribution in [1.82, 2.24) is 9.97 Å². The van der Waals surface area contributed by atoms with Gasteiger partial charge in [0.2, 0.25) is 12.7 Å². The molecule has 2 aromatic carbocycles. The molecule has 4 rings (SSSR count). The fraction of sp³-hybridized carbons (Fsp3) is 0.200. The van der Waals surface area contributed by atoms with Crippen LogP contribution >= 0.6 is 0 Å². The van der Waals surface area contributed by atoms with Crippen LogP contribution in [0.15, 0.2) is 48.5 Å². The summed E-state index contributed by atoms with van der Waals surface area (Å²) in [6.45, 7) is 2.75. The first-order valence-corrected chi connectivity index (χ1v) is 8.59. The van der Waals surface area contributed by atoms with Gasteiger partial charge in [-0.3, -0.25) is 0 Å². The van der Waals surface area contributed by atoms with Gasteiger partial charge in [-0.1, -0.05) is 18.2 Å². The van der Waals surface area contributed by atoms with Crippen molar-refractivity contribution < 1.29 is 14.2 Å². The van der Waals surface area contributed by atoms with E-state index >= 15 is 0 Å². The number of anilines is 3. The largest absolute Gasteiger partial charge is 0.496 e. The fourth-order valence-electron chi connectivity index (χ4n) is 2.86. The smallest absolute Gasteiger partial charge is 0.231 e. The SMILES string of the molecule is COc1ccccc1CNc1nc(C)cc(Nc2ccc3c(c2)OCO3)n1. The van der Waals surface area contributed by atoms with Crippen molar-refractivity contribution in [2.75, 3.05) is 24.5 Å². The van der Waals surface area contributed by atoms with E-state index < -0.39 is 0 Å². The lowest BCUT2D eigenvalue weighted by molar-refractivity contribution is 0.174. The average Bonchev–Trinajstić information content (AvgIpc) is 3.14. The minimum atomic E-state index is 0.252. The molecule has 0 bridgehead atoms. The molecule has 2 heterocycles. The van der Waals surface area contributed by atoms with Crippen molar-refractivity contribution in [1.29, 1.82) is 0 Å². The van der Waals surface area contributed by atoms with Crippen molar-refractivity contribution in [3.05, 3.63) is 59.8 Å². The quantitative estimate of drug-likeness (QED) is 0.687. The normalized spacial score (nSPS) is 11.9. The van der Waals surface area contributed by atoms with Gasteiger partial charge in [-0.05, 0) is 25.1 Å². The number of ether oxygens (including phenoxy) is 3. The summed E-state index contributed by atoms with van der Waals surface area (Å²) in [4.78, 5) is 9.00. The monoisotopic (exact) mass is 364 g/mol. The molecule has 0 spiro atoms. The number of aryl methyl sites for hydroxylation is 1. The predicted molar refractivity (Wildman–Crippen MR) is 103 cm³/mol. The van der Waals surface area contributed by atoms with Gasteiger partial charge in [0.1, 0.15) is 11.6 Å². The highest BCUT2D eigenvalue weighted by atomic mass is 16.7. The minimum absolute atomic E-state index is 0.252. The van der Waals surface area contributed by atoms with E-state index in [1.54, 1.807) is 7.11 Å². The number of para-hydroxylation sites is 1. The van der Waals surface area contributed by atoms with E-state index in [0.29, 0.717) is 18.3 Å². The summed E-state index contributed by atoms with van der Waals surface area (Å²) in [6, 6.07) is 15.4. The number of rotatable bonds is 6. The summed E-state index contributed by atoms with van der Waals surface area (Å²) in [7, 11) is 1.66. The molecule has 3 aromatic rings. The van der Waals surface area contributed by atoms with Crippen LogP contribution < -0.4 is 24.8 Å². The Morgan fingerprint density at radius 3 is 2.78 bits per heavy atom. The number of methoxy groups -OCH3 is 1. The van der Waals surface area contributed by atoms with Gasteiger partial charge in [0, 0.05) is 35.6 Å². The maximum atomic E-state index is 5.41. The van der Waals surface area contributed by atoms with Crippen molar-refractivity contribution in [2.45, 2.75) is 13.5 Å². The van der Waals surface area contributed by atoms with Crippen molar-refractivity contribution >= 4 is 17.5 Å². The van der Waals surface area contributed by atoms with Crippen molar-refractivity contribution in [3.8, 4) is 17.2 Å². The lowest BCUT2D eigenvalue weighted by atomic mass is 10.2. The van der Waals surface area contributed by atoms with Gasteiger partial charge in [0.15, 0.2) is 11.5 Å². The number of hydrogen-bond acceptors (Lipinski definition) is 7. The van der Waals surface area contributed by atoms with Crippen LogP contribution in [0, 0.1) is 6.92 Å². The highest BCUT2D eigenvalue weighted by Gasteiger charge is 2.13. The molecule has 0 aliphatic carbocycles. The highest BCUT2D eigenvalue weighted by Crippen LogP contribution is 2.35. The maximum absolute atomic E-state index is 5.41. The summed E-state index contributed by atoms with van der Waals surface area (Å²) in [5.74, 6) is 3.54. The zero-order chi connectivity index (χ0) is 18.6. The second kappa shape index (κ2) is 7.41.